The van der Waals surface area contributed by atoms with Crippen molar-refractivity contribution in [3.05, 3.63) is 54.2 Å². The molecule has 2 N–H and O–H groups in total. The summed E-state index contributed by atoms with van der Waals surface area (Å²) in [6.07, 6.45) is 1.64. The van der Waals surface area contributed by atoms with E-state index in [9.17, 15) is 14.4 Å². The molecular formula is C20H20N4O5. The second-order valence-corrected chi connectivity index (χ2v) is 6.28. The van der Waals surface area contributed by atoms with Crippen molar-refractivity contribution < 1.29 is 23.9 Å². The first-order valence-corrected chi connectivity index (χ1v) is 8.74. The molecule has 0 aliphatic heterocycles. The van der Waals surface area contributed by atoms with Gasteiger partial charge in [-0.05, 0) is 24.3 Å². The lowest BCUT2D eigenvalue weighted by atomic mass is 10.2. The molecule has 3 rings (SSSR count). The van der Waals surface area contributed by atoms with Gasteiger partial charge in [0.1, 0.15) is 5.75 Å². The Morgan fingerprint density at radius 3 is 2.79 bits per heavy atom. The van der Waals surface area contributed by atoms with E-state index < -0.39 is 18.5 Å². The highest BCUT2D eigenvalue weighted by Crippen LogP contribution is 2.16. The summed E-state index contributed by atoms with van der Waals surface area (Å²) < 4.78 is 10.1. The van der Waals surface area contributed by atoms with Gasteiger partial charge in [0.25, 0.3) is 5.91 Å². The van der Waals surface area contributed by atoms with Crippen molar-refractivity contribution in [2.45, 2.75) is 0 Å². The number of rotatable bonds is 7. The number of aromatic nitrogens is 2. The fourth-order valence-electron chi connectivity index (χ4n) is 2.59. The summed E-state index contributed by atoms with van der Waals surface area (Å²) >= 11 is 0. The number of carbonyl (C=O) groups is 3. The van der Waals surface area contributed by atoms with Crippen molar-refractivity contribution in [3.63, 3.8) is 0 Å². The molecule has 1 aromatic heterocycles. The molecule has 29 heavy (non-hydrogen) atoms. The first-order valence-electron chi connectivity index (χ1n) is 8.74. The standard InChI is InChI=1S/C20H20N4O5/c1-24(11-18(25)22-15-4-3-5-16(9-15)28-2)19(26)12-29-20(27)13-6-7-14-10-21-23-17(14)8-13/h3-10H,11-12H2,1-2H3,(H,21,23)(H,22,25). The van der Waals surface area contributed by atoms with Crippen LogP contribution in [0.4, 0.5) is 5.69 Å². The summed E-state index contributed by atoms with van der Waals surface area (Å²) in [7, 11) is 2.99. The van der Waals surface area contributed by atoms with E-state index >= 15 is 0 Å². The molecule has 3 aromatic rings. The summed E-state index contributed by atoms with van der Waals surface area (Å²) in [6, 6.07) is 11.8. The van der Waals surface area contributed by atoms with Crippen molar-refractivity contribution in [2.24, 2.45) is 0 Å². The van der Waals surface area contributed by atoms with Gasteiger partial charge in [-0.1, -0.05) is 12.1 Å². The average Bonchev–Trinajstić information content (AvgIpc) is 3.19. The van der Waals surface area contributed by atoms with Gasteiger partial charge in [0.15, 0.2) is 6.61 Å². The van der Waals surface area contributed by atoms with Gasteiger partial charge in [-0.15, -0.1) is 0 Å². The Kier molecular flexibility index (Phi) is 6.08. The third-order valence-corrected chi connectivity index (χ3v) is 4.16. The minimum atomic E-state index is -0.635. The predicted molar refractivity (Wildman–Crippen MR) is 106 cm³/mol. The van der Waals surface area contributed by atoms with Crippen molar-refractivity contribution in [1.29, 1.82) is 0 Å². The fourth-order valence-corrected chi connectivity index (χ4v) is 2.59. The number of hydrogen-bond donors (Lipinski definition) is 2. The van der Waals surface area contributed by atoms with Gasteiger partial charge in [0, 0.05) is 24.2 Å². The lowest BCUT2D eigenvalue weighted by Gasteiger charge is -2.17. The van der Waals surface area contributed by atoms with E-state index in [0.717, 1.165) is 5.39 Å². The Bertz CT molecular complexity index is 1050. The van der Waals surface area contributed by atoms with Gasteiger partial charge in [-0.25, -0.2) is 4.79 Å². The normalized spacial score (nSPS) is 10.4. The largest absolute Gasteiger partial charge is 0.497 e. The number of hydrogen-bond acceptors (Lipinski definition) is 6. The number of esters is 1. The molecule has 0 radical (unpaired) electrons. The van der Waals surface area contributed by atoms with Crippen LogP contribution in [0, 0.1) is 0 Å². The Morgan fingerprint density at radius 1 is 1.17 bits per heavy atom. The van der Waals surface area contributed by atoms with E-state index in [-0.39, 0.29) is 12.5 Å². The maximum absolute atomic E-state index is 12.2. The molecule has 2 aromatic carbocycles. The van der Waals surface area contributed by atoms with Gasteiger partial charge in [0.2, 0.25) is 5.91 Å². The van der Waals surface area contributed by atoms with E-state index in [1.165, 1.54) is 19.1 Å². The highest BCUT2D eigenvalue weighted by Gasteiger charge is 2.16. The topological polar surface area (TPSA) is 114 Å². The van der Waals surface area contributed by atoms with Crippen LogP contribution in [0.2, 0.25) is 0 Å². The molecular weight excluding hydrogens is 376 g/mol. The molecule has 9 heteroatoms. The number of anilines is 1. The van der Waals surface area contributed by atoms with Crippen LogP contribution in [0.15, 0.2) is 48.7 Å². The molecule has 0 spiro atoms. The summed E-state index contributed by atoms with van der Waals surface area (Å²) in [5.41, 5.74) is 1.54. The van der Waals surface area contributed by atoms with Gasteiger partial charge in [0.05, 0.1) is 30.9 Å². The van der Waals surface area contributed by atoms with Crippen LogP contribution in [-0.4, -0.2) is 60.2 Å². The SMILES string of the molecule is COc1cccc(NC(=O)CN(C)C(=O)COC(=O)c2ccc3cn[nH]c3c2)c1. The zero-order valence-corrected chi connectivity index (χ0v) is 16.0. The van der Waals surface area contributed by atoms with Crippen molar-refractivity contribution in [3.8, 4) is 5.75 Å². The fraction of sp³-hybridized carbons (Fsp3) is 0.200. The molecule has 0 atom stereocenters. The quantitative estimate of drug-likeness (QED) is 0.589. The number of likely N-dealkylation sites (N-methyl/N-ethyl adjacent to an activating group) is 1. The highest BCUT2D eigenvalue weighted by atomic mass is 16.5. The number of carbonyl (C=O) groups excluding carboxylic acids is 3. The third-order valence-electron chi connectivity index (χ3n) is 4.16. The van der Waals surface area contributed by atoms with Crippen LogP contribution in [0.3, 0.4) is 0 Å². The Balaban J connectivity index is 1.49. The number of nitrogens with zero attached hydrogens (tertiary/aromatic N) is 2. The minimum absolute atomic E-state index is 0.187. The summed E-state index contributed by atoms with van der Waals surface area (Å²) in [5, 5.41) is 10.2. The molecule has 0 bridgehead atoms. The summed E-state index contributed by atoms with van der Waals surface area (Å²) in [5.74, 6) is -0.913. The van der Waals surface area contributed by atoms with Crippen LogP contribution in [0.25, 0.3) is 10.9 Å². The average molecular weight is 396 g/mol. The number of methoxy groups -OCH3 is 1. The number of amides is 2. The van der Waals surface area contributed by atoms with E-state index in [1.807, 2.05) is 0 Å². The molecule has 0 saturated heterocycles. The number of nitrogens with one attached hydrogen (secondary N) is 2. The van der Waals surface area contributed by atoms with Crippen molar-refractivity contribution in [2.75, 3.05) is 32.6 Å². The Hall–Kier alpha value is -3.88. The lowest BCUT2D eigenvalue weighted by Crippen LogP contribution is -2.37. The van der Waals surface area contributed by atoms with Crippen LogP contribution >= 0.6 is 0 Å². The van der Waals surface area contributed by atoms with Gasteiger partial charge in [-0.2, -0.15) is 5.10 Å². The molecule has 0 unspecified atom stereocenters. The Morgan fingerprint density at radius 2 is 2.00 bits per heavy atom. The number of ether oxygens (including phenoxy) is 2. The van der Waals surface area contributed by atoms with Crippen molar-refractivity contribution in [1.82, 2.24) is 15.1 Å². The molecule has 0 aliphatic rings. The maximum Gasteiger partial charge on any atom is 0.338 e. The first-order chi connectivity index (χ1) is 14.0. The van der Waals surface area contributed by atoms with E-state index in [0.29, 0.717) is 22.5 Å². The van der Waals surface area contributed by atoms with E-state index in [4.69, 9.17) is 9.47 Å². The lowest BCUT2D eigenvalue weighted by molar-refractivity contribution is -0.136. The third kappa shape index (κ3) is 5.10. The Labute approximate surface area is 166 Å². The number of fused-ring (bicyclic) bond motifs is 1. The molecule has 0 fully saturated rings. The molecule has 0 aliphatic carbocycles. The predicted octanol–water partition coefficient (Wildman–Crippen LogP) is 1.83. The maximum atomic E-state index is 12.2. The van der Waals surface area contributed by atoms with Crippen molar-refractivity contribution >= 4 is 34.4 Å². The second kappa shape index (κ2) is 8.87. The van der Waals surface area contributed by atoms with E-state index in [2.05, 4.69) is 15.5 Å². The van der Waals surface area contributed by atoms with Crippen LogP contribution in [0.1, 0.15) is 10.4 Å². The second-order valence-electron chi connectivity index (χ2n) is 6.28. The van der Waals surface area contributed by atoms with Crippen LogP contribution in [-0.2, 0) is 14.3 Å². The molecule has 1 heterocycles. The number of H-pyrrole nitrogens is 1. The zero-order valence-electron chi connectivity index (χ0n) is 16.0. The first kappa shape index (κ1) is 19.9. The summed E-state index contributed by atoms with van der Waals surface area (Å²) in [6.45, 7) is -0.656. The van der Waals surface area contributed by atoms with E-state index in [1.54, 1.807) is 48.7 Å². The van der Waals surface area contributed by atoms with Gasteiger partial charge < -0.3 is 19.7 Å². The molecule has 9 nitrogen and oxygen atoms in total. The van der Waals surface area contributed by atoms with Crippen LogP contribution < -0.4 is 10.1 Å². The molecule has 0 saturated carbocycles. The zero-order chi connectivity index (χ0) is 20.8. The highest BCUT2D eigenvalue weighted by molar-refractivity contribution is 5.96. The van der Waals surface area contributed by atoms with Gasteiger partial charge >= 0.3 is 5.97 Å². The summed E-state index contributed by atoms with van der Waals surface area (Å²) in [4.78, 5) is 37.6. The minimum Gasteiger partial charge on any atom is -0.497 e. The molecule has 150 valence electrons. The van der Waals surface area contributed by atoms with Crippen LogP contribution in [0.5, 0.6) is 5.75 Å². The molecule has 2 amide bonds. The monoisotopic (exact) mass is 396 g/mol. The number of benzene rings is 2. The van der Waals surface area contributed by atoms with Gasteiger partial charge in [-0.3, -0.25) is 14.7 Å². The smallest absolute Gasteiger partial charge is 0.338 e. The number of aromatic amines is 1.